The molecule has 0 bridgehead atoms. The molecular weight excluding hydrogens is 253 g/mol. The predicted molar refractivity (Wildman–Crippen MR) is 68.9 cm³/mol. The van der Waals surface area contributed by atoms with Gasteiger partial charge in [-0.25, -0.2) is 0 Å². The van der Waals surface area contributed by atoms with Crippen LogP contribution in [0.25, 0.3) is 0 Å². The highest BCUT2D eigenvalue weighted by molar-refractivity contribution is 5.20. The number of likely N-dealkylation sites (tertiary alicyclic amines) is 1. The monoisotopic (exact) mass is 272 g/mol. The fourth-order valence-electron chi connectivity index (χ4n) is 2.44. The van der Waals surface area contributed by atoms with Crippen LogP contribution in [0.4, 0.5) is 13.2 Å². The van der Waals surface area contributed by atoms with Gasteiger partial charge in [-0.3, -0.25) is 0 Å². The van der Waals surface area contributed by atoms with Gasteiger partial charge in [0.05, 0.1) is 0 Å². The van der Waals surface area contributed by atoms with Gasteiger partial charge in [-0.2, -0.15) is 13.2 Å². The van der Waals surface area contributed by atoms with Crippen molar-refractivity contribution in [3.05, 3.63) is 35.9 Å². The molecule has 0 saturated carbocycles. The average Bonchev–Trinajstić information content (AvgIpc) is 2.87. The standard InChI is InChI=1S/C14H19F3N2/c15-14(16,17)13(12-6-2-1-3-7-12)18-8-11-19-9-4-5-10-19/h1-3,6-7,13,18H,4-5,8-11H2. The molecule has 1 atom stereocenters. The van der Waals surface area contributed by atoms with Crippen molar-refractivity contribution in [3.63, 3.8) is 0 Å². The van der Waals surface area contributed by atoms with Crippen LogP contribution in [0.1, 0.15) is 24.4 Å². The van der Waals surface area contributed by atoms with E-state index in [1.54, 1.807) is 18.2 Å². The summed E-state index contributed by atoms with van der Waals surface area (Å²) in [5.74, 6) is 0. The third kappa shape index (κ3) is 4.21. The largest absolute Gasteiger partial charge is 0.407 e. The molecule has 1 aromatic rings. The first-order chi connectivity index (χ1) is 9.07. The number of benzene rings is 1. The molecule has 0 radical (unpaired) electrons. The van der Waals surface area contributed by atoms with E-state index in [9.17, 15) is 13.2 Å². The van der Waals surface area contributed by atoms with Gasteiger partial charge in [0.15, 0.2) is 0 Å². The van der Waals surface area contributed by atoms with Gasteiger partial charge in [0.25, 0.3) is 0 Å². The van der Waals surface area contributed by atoms with E-state index in [-0.39, 0.29) is 5.56 Å². The van der Waals surface area contributed by atoms with Crippen LogP contribution >= 0.6 is 0 Å². The van der Waals surface area contributed by atoms with Gasteiger partial charge in [-0.15, -0.1) is 0 Å². The molecule has 1 unspecified atom stereocenters. The number of nitrogens with one attached hydrogen (secondary N) is 1. The maximum Gasteiger partial charge on any atom is 0.407 e. The van der Waals surface area contributed by atoms with E-state index in [0.717, 1.165) is 25.9 Å². The highest BCUT2D eigenvalue weighted by Gasteiger charge is 2.40. The van der Waals surface area contributed by atoms with Gasteiger partial charge in [0, 0.05) is 13.1 Å². The molecule has 106 valence electrons. The van der Waals surface area contributed by atoms with E-state index in [1.165, 1.54) is 12.1 Å². The molecule has 1 saturated heterocycles. The van der Waals surface area contributed by atoms with E-state index >= 15 is 0 Å². The lowest BCUT2D eigenvalue weighted by molar-refractivity contribution is -0.157. The zero-order valence-corrected chi connectivity index (χ0v) is 10.8. The zero-order valence-electron chi connectivity index (χ0n) is 10.8. The Morgan fingerprint density at radius 3 is 2.32 bits per heavy atom. The van der Waals surface area contributed by atoms with Crippen molar-refractivity contribution in [3.8, 4) is 0 Å². The molecule has 0 aromatic heterocycles. The van der Waals surface area contributed by atoms with E-state index in [1.807, 2.05) is 0 Å². The number of alkyl halides is 3. The fraction of sp³-hybridized carbons (Fsp3) is 0.571. The maximum absolute atomic E-state index is 13.0. The molecule has 1 N–H and O–H groups in total. The minimum atomic E-state index is -4.26. The molecule has 5 heteroatoms. The quantitative estimate of drug-likeness (QED) is 0.886. The molecule has 2 nitrogen and oxygen atoms in total. The molecule has 2 rings (SSSR count). The summed E-state index contributed by atoms with van der Waals surface area (Å²) in [5.41, 5.74) is 0.274. The van der Waals surface area contributed by atoms with Crippen molar-refractivity contribution in [2.24, 2.45) is 0 Å². The van der Waals surface area contributed by atoms with Gasteiger partial charge >= 0.3 is 6.18 Å². The van der Waals surface area contributed by atoms with Crippen LogP contribution in [0.2, 0.25) is 0 Å². The van der Waals surface area contributed by atoms with Crippen LogP contribution in [0.5, 0.6) is 0 Å². The summed E-state index contributed by atoms with van der Waals surface area (Å²) in [4.78, 5) is 2.20. The smallest absolute Gasteiger partial charge is 0.302 e. The Bertz CT molecular complexity index is 372. The molecule has 1 fully saturated rings. The van der Waals surface area contributed by atoms with Gasteiger partial charge in [0.2, 0.25) is 0 Å². The molecular formula is C14H19F3N2. The van der Waals surface area contributed by atoms with Crippen LogP contribution in [-0.2, 0) is 0 Å². The first-order valence-electron chi connectivity index (χ1n) is 6.65. The molecule has 0 amide bonds. The molecule has 1 aliphatic rings. The highest BCUT2D eigenvalue weighted by atomic mass is 19.4. The fourth-order valence-corrected chi connectivity index (χ4v) is 2.44. The van der Waals surface area contributed by atoms with Crippen LogP contribution < -0.4 is 5.32 Å². The van der Waals surface area contributed by atoms with Crippen molar-refractivity contribution < 1.29 is 13.2 Å². The van der Waals surface area contributed by atoms with Crippen LogP contribution in [0, 0.1) is 0 Å². The second-order valence-corrected chi connectivity index (χ2v) is 4.89. The van der Waals surface area contributed by atoms with Gasteiger partial charge in [-0.1, -0.05) is 30.3 Å². The van der Waals surface area contributed by atoms with Crippen molar-refractivity contribution >= 4 is 0 Å². The summed E-state index contributed by atoms with van der Waals surface area (Å²) in [6, 6.07) is 6.45. The van der Waals surface area contributed by atoms with Crippen molar-refractivity contribution in [1.82, 2.24) is 10.2 Å². The van der Waals surface area contributed by atoms with Crippen molar-refractivity contribution in [2.45, 2.75) is 25.1 Å². The Morgan fingerprint density at radius 2 is 1.74 bits per heavy atom. The van der Waals surface area contributed by atoms with E-state index in [0.29, 0.717) is 13.1 Å². The number of rotatable bonds is 5. The van der Waals surface area contributed by atoms with Crippen LogP contribution in [-0.4, -0.2) is 37.3 Å². The summed E-state index contributed by atoms with van der Waals surface area (Å²) in [7, 11) is 0. The van der Waals surface area contributed by atoms with Crippen molar-refractivity contribution in [2.75, 3.05) is 26.2 Å². The second-order valence-electron chi connectivity index (χ2n) is 4.89. The lowest BCUT2D eigenvalue weighted by Gasteiger charge is -2.23. The minimum absolute atomic E-state index is 0.274. The molecule has 0 aliphatic carbocycles. The van der Waals surface area contributed by atoms with Crippen LogP contribution in [0.3, 0.4) is 0 Å². The van der Waals surface area contributed by atoms with E-state index in [4.69, 9.17) is 0 Å². The Hall–Kier alpha value is -1.07. The van der Waals surface area contributed by atoms with Gasteiger partial charge in [0.1, 0.15) is 6.04 Å². The Balaban J connectivity index is 1.91. The summed E-state index contributed by atoms with van der Waals surface area (Å²) in [5, 5.41) is 2.64. The lowest BCUT2D eigenvalue weighted by Crippen LogP contribution is -2.38. The summed E-state index contributed by atoms with van der Waals surface area (Å²) in [6.07, 6.45) is -1.95. The topological polar surface area (TPSA) is 15.3 Å². The maximum atomic E-state index is 13.0. The normalized spacial score (nSPS) is 18.7. The summed E-state index contributed by atoms with van der Waals surface area (Å²) >= 11 is 0. The SMILES string of the molecule is FC(F)(F)C(NCCN1CCCC1)c1ccccc1. The predicted octanol–water partition coefficient (Wildman–Crippen LogP) is 2.98. The number of hydrogen-bond donors (Lipinski definition) is 1. The Labute approximate surface area is 111 Å². The second kappa shape index (κ2) is 6.39. The molecule has 0 spiro atoms. The van der Waals surface area contributed by atoms with E-state index in [2.05, 4.69) is 10.2 Å². The van der Waals surface area contributed by atoms with E-state index < -0.39 is 12.2 Å². The number of hydrogen-bond acceptors (Lipinski definition) is 2. The lowest BCUT2D eigenvalue weighted by atomic mass is 10.1. The first kappa shape index (κ1) is 14.3. The Morgan fingerprint density at radius 1 is 1.11 bits per heavy atom. The zero-order chi connectivity index (χ0) is 13.7. The molecule has 1 heterocycles. The number of nitrogens with zero attached hydrogens (tertiary/aromatic N) is 1. The Kier molecular flexibility index (Phi) is 4.82. The van der Waals surface area contributed by atoms with Crippen LogP contribution in [0.15, 0.2) is 30.3 Å². The minimum Gasteiger partial charge on any atom is -0.302 e. The molecule has 1 aromatic carbocycles. The number of halogens is 3. The molecule has 19 heavy (non-hydrogen) atoms. The molecule has 1 aliphatic heterocycles. The van der Waals surface area contributed by atoms with Crippen molar-refractivity contribution in [1.29, 1.82) is 0 Å². The van der Waals surface area contributed by atoms with Gasteiger partial charge in [-0.05, 0) is 31.5 Å². The summed E-state index contributed by atoms with van der Waals surface area (Å²) < 4.78 is 39.1. The first-order valence-corrected chi connectivity index (χ1v) is 6.65. The van der Waals surface area contributed by atoms with Gasteiger partial charge < -0.3 is 10.2 Å². The highest BCUT2D eigenvalue weighted by Crippen LogP contribution is 2.32. The summed E-state index contributed by atoms with van der Waals surface area (Å²) in [6.45, 7) is 3.05. The third-order valence-electron chi connectivity index (χ3n) is 3.44. The third-order valence-corrected chi connectivity index (χ3v) is 3.44. The average molecular weight is 272 g/mol.